The molecule has 136 valence electrons. The average Bonchev–Trinajstić information content (AvgIpc) is 2.50. The third-order valence-corrected chi connectivity index (χ3v) is 5.85. The molecule has 1 amide bonds. The molecule has 0 aromatic carbocycles. The fraction of sp³-hybridized carbons (Fsp3) is 0.944. The Kier molecular flexibility index (Phi) is 8.63. The van der Waals surface area contributed by atoms with E-state index in [1.807, 2.05) is 27.7 Å². The normalized spacial score (nSPS) is 19.2. The Balaban J connectivity index is 2.57. The van der Waals surface area contributed by atoms with Crippen LogP contribution < -0.4 is 0 Å². The molecule has 0 N–H and O–H groups in total. The summed E-state index contributed by atoms with van der Waals surface area (Å²) in [5.74, 6) is 0.683. The van der Waals surface area contributed by atoms with Crippen molar-refractivity contribution in [3.63, 3.8) is 0 Å². The van der Waals surface area contributed by atoms with Crippen LogP contribution in [0.15, 0.2) is 0 Å². The molecule has 5 heteroatoms. The van der Waals surface area contributed by atoms with Crippen LogP contribution in [-0.2, 0) is 9.47 Å². The van der Waals surface area contributed by atoms with Crippen molar-refractivity contribution in [1.82, 2.24) is 4.90 Å². The minimum atomic E-state index is -0.464. The van der Waals surface area contributed by atoms with E-state index in [0.29, 0.717) is 19.0 Å². The van der Waals surface area contributed by atoms with Gasteiger partial charge in [-0.1, -0.05) is 41.9 Å². The van der Waals surface area contributed by atoms with Gasteiger partial charge in [-0.05, 0) is 53.4 Å². The number of amides is 1. The molecular formula is C18H34INO3. The smallest absolute Gasteiger partial charge is 0.410 e. The van der Waals surface area contributed by atoms with E-state index in [-0.39, 0.29) is 11.7 Å². The molecule has 0 heterocycles. The fourth-order valence-corrected chi connectivity index (χ4v) is 3.30. The molecule has 4 nitrogen and oxygen atoms in total. The summed E-state index contributed by atoms with van der Waals surface area (Å²) in [5.41, 5.74) is -0.779. The average molecular weight is 439 g/mol. The molecule has 0 aromatic rings. The second kappa shape index (κ2) is 9.44. The van der Waals surface area contributed by atoms with E-state index < -0.39 is 5.60 Å². The number of ether oxygens (including phenoxy) is 2. The summed E-state index contributed by atoms with van der Waals surface area (Å²) in [5, 5.41) is 0. The van der Waals surface area contributed by atoms with Crippen molar-refractivity contribution >= 4 is 28.7 Å². The van der Waals surface area contributed by atoms with Gasteiger partial charge in [-0.15, -0.1) is 0 Å². The minimum absolute atomic E-state index is 0.252. The molecule has 1 rings (SSSR count). The van der Waals surface area contributed by atoms with E-state index in [0.717, 1.165) is 11.0 Å². The van der Waals surface area contributed by atoms with Crippen molar-refractivity contribution in [2.24, 2.45) is 5.92 Å². The summed E-state index contributed by atoms with van der Waals surface area (Å²) in [4.78, 5) is 14.1. The summed E-state index contributed by atoms with van der Waals surface area (Å²) >= 11 is 2.36. The molecule has 1 aliphatic carbocycles. The van der Waals surface area contributed by atoms with Gasteiger partial charge in [0.2, 0.25) is 0 Å². The van der Waals surface area contributed by atoms with E-state index in [9.17, 15) is 4.79 Å². The molecule has 1 unspecified atom stereocenters. The largest absolute Gasteiger partial charge is 0.444 e. The maximum atomic E-state index is 12.3. The second-order valence-corrected chi connectivity index (χ2v) is 8.66. The molecule has 1 atom stereocenters. The van der Waals surface area contributed by atoms with E-state index in [1.165, 1.54) is 32.1 Å². The highest BCUT2D eigenvalue weighted by molar-refractivity contribution is 14.1. The Morgan fingerprint density at radius 1 is 1.17 bits per heavy atom. The highest BCUT2D eigenvalue weighted by atomic mass is 127. The first-order valence-corrected chi connectivity index (χ1v) is 10.4. The Bertz CT molecular complexity index is 364. The molecule has 1 saturated carbocycles. The number of hydrogen-bond donors (Lipinski definition) is 0. The maximum absolute atomic E-state index is 12.3. The zero-order valence-electron chi connectivity index (χ0n) is 15.5. The van der Waals surface area contributed by atoms with Crippen LogP contribution in [0.5, 0.6) is 0 Å². The standard InChI is InChI=1S/C18H34INO3/c1-6-20(16(21)23-17(2,3)4)14-18(5,13-19)22-12-15-10-8-7-9-11-15/h15H,6-14H2,1-5H3. The highest BCUT2D eigenvalue weighted by Gasteiger charge is 2.31. The molecule has 0 bridgehead atoms. The van der Waals surface area contributed by atoms with Crippen LogP contribution in [0, 0.1) is 5.92 Å². The topological polar surface area (TPSA) is 38.8 Å². The summed E-state index contributed by atoms with van der Waals surface area (Å²) in [6.45, 7) is 11.8. The number of hydrogen-bond acceptors (Lipinski definition) is 3. The minimum Gasteiger partial charge on any atom is -0.444 e. The molecule has 0 aliphatic heterocycles. The number of nitrogens with zero attached hydrogens (tertiary/aromatic N) is 1. The molecule has 1 fully saturated rings. The first-order valence-electron chi connectivity index (χ1n) is 8.87. The number of carbonyl (C=O) groups excluding carboxylic acids is 1. The van der Waals surface area contributed by atoms with Gasteiger partial charge in [-0.3, -0.25) is 0 Å². The Hall–Kier alpha value is -0.0400. The van der Waals surface area contributed by atoms with Crippen LogP contribution in [0.3, 0.4) is 0 Å². The molecule has 0 spiro atoms. The summed E-state index contributed by atoms with van der Waals surface area (Å²) in [7, 11) is 0. The second-order valence-electron chi connectivity index (χ2n) is 7.89. The van der Waals surface area contributed by atoms with Gasteiger partial charge in [0.25, 0.3) is 0 Å². The van der Waals surface area contributed by atoms with Crippen molar-refractivity contribution in [3.8, 4) is 0 Å². The first-order chi connectivity index (χ1) is 10.7. The predicted octanol–water partition coefficient (Wildman–Crippen LogP) is 5.03. The van der Waals surface area contributed by atoms with Gasteiger partial charge in [-0.25, -0.2) is 4.79 Å². The predicted molar refractivity (Wildman–Crippen MR) is 103 cm³/mol. The molecule has 0 aromatic heterocycles. The highest BCUT2D eigenvalue weighted by Crippen LogP contribution is 2.26. The Labute approximate surface area is 155 Å². The van der Waals surface area contributed by atoms with Crippen LogP contribution >= 0.6 is 22.6 Å². The number of halogens is 1. The number of alkyl halides is 1. The van der Waals surface area contributed by atoms with Gasteiger partial charge in [0.05, 0.1) is 18.8 Å². The number of rotatable bonds is 7. The summed E-state index contributed by atoms with van der Waals surface area (Å²) in [6.07, 6.45) is 6.32. The fourth-order valence-electron chi connectivity index (χ4n) is 2.83. The lowest BCUT2D eigenvalue weighted by molar-refractivity contribution is -0.0571. The molecule has 0 saturated heterocycles. The van der Waals surface area contributed by atoms with Crippen molar-refractivity contribution < 1.29 is 14.3 Å². The van der Waals surface area contributed by atoms with Gasteiger partial charge in [-0.2, -0.15) is 0 Å². The van der Waals surface area contributed by atoms with Crippen LogP contribution in [0.25, 0.3) is 0 Å². The van der Waals surface area contributed by atoms with Crippen LogP contribution in [-0.4, -0.2) is 46.3 Å². The van der Waals surface area contributed by atoms with Crippen molar-refractivity contribution in [2.75, 3.05) is 24.1 Å². The van der Waals surface area contributed by atoms with Gasteiger partial charge >= 0.3 is 6.09 Å². The van der Waals surface area contributed by atoms with Crippen LogP contribution in [0.1, 0.15) is 66.7 Å². The van der Waals surface area contributed by atoms with Crippen LogP contribution in [0.2, 0.25) is 0 Å². The lowest BCUT2D eigenvalue weighted by Crippen LogP contribution is -2.48. The molecular weight excluding hydrogens is 405 g/mol. The first kappa shape index (κ1) is 21.0. The monoisotopic (exact) mass is 439 g/mol. The van der Waals surface area contributed by atoms with Crippen LogP contribution in [0.4, 0.5) is 4.79 Å². The molecule has 0 radical (unpaired) electrons. The van der Waals surface area contributed by atoms with E-state index >= 15 is 0 Å². The quantitative estimate of drug-likeness (QED) is 0.413. The zero-order valence-corrected chi connectivity index (χ0v) is 17.6. The lowest BCUT2D eigenvalue weighted by atomic mass is 9.90. The van der Waals surface area contributed by atoms with E-state index in [4.69, 9.17) is 9.47 Å². The van der Waals surface area contributed by atoms with E-state index in [2.05, 4.69) is 29.5 Å². The van der Waals surface area contributed by atoms with Crippen molar-refractivity contribution in [1.29, 1.82) is 0 Å². The zero-order chi connectivity index (χ0) is 17.5. The van der Waals surface area contributed by atoms with Gasteiger partial charge in [0.1, 0.15) is 5.60 Å². The number of carbonyl (C=O) groups is 1. The summed E-state index contributed by atoms with van der Waals surface area (Å²) < 4.78 is 12.6. The van der Waals surface area contributed by atoms with Crippen molar-refractivity contribution in [3.05, 3.63) is 0 Å². The Morgan fingerprint density at radius 2 is 1.78 bits per heavy atom. The van der Waals surface area contributed by atoms with E-state index in [1.54, 1.807) is 4.90 Å². The van der Waals surface area contributed by atoms with Crippen molar-refractivity contribution in [2.45, 2.75) is 77.9 Å². The van der Waals surface area contributed by atoms with Gasteiger partial charge in [0.15, 0.2) is 0 Å². The number of likely N-dealkylation sites (N-methyl/N-ethyl adjacent to an activating group) is 1. The van der Waals surface area contributed by atoms with Gasteiger partial charge in [0, 0.05) is 11.0 Å². The SMILES string of the molecule is CCN(CC(C)(CI)OCC1CCCCC1)C(=O)OC(C)(C)C. The Morgan fingerprint density at radius 3 is 2.26 bits per heavy atom. The summed E-state index contributed by atoms with van der Waals surface area (Å²) in [6, 6.07) is 0. The lowest BCUT2D eigenvalue weighted by Gasteiger charge is -2.36. The third kappa shape index (κ3) is 8.05. The van der Waals surface area contributed by atoms with Gasteiger partial charge < -0.3 is 14.4 Å². The molecule has 1 aliphatic rings. The third-order valence-electron chi connectivity index (χ3n) is 4.23. The molecule has 23 heavy (non-hydrogen) atoms. The maximum Gasteiger partial charge on any atom is 0.410 e.